The minimum absolute atomic E-state index is 0.942. The third-order valence-corrected chi connectivity index (χ3v) is 1.86. The number of hydrogen-bond donors (Lipinski definition) is 1. The van der Waals surface area contributed by atoms with E-state index in [0.29, 0.717) is 0 Å². The van der Waals surface area contributed by atoms with Crippen LogP contribution in [0.3, 0.4) is 0 Å². The van der Waals surface area contributed by atoms with Crippen molar-refractivity contribution in [1.82, 2.24) is 5.32 Å². The number of alkyl halides is 6. The maximum atomic E-state index is 12.1. The van der Waals surface area contributed by atoms with Crippen molar-refractivity contribution in [1.29, 1.82) is 0 Å². The van der Waals surface area contributed by atoms with Gasteiger partial charge in [-0.05, 0) is 7.05 Å². The standard InChI is InChI=1S/C8H11F6NO3/c1-15-4(5(16)17-2)3-18-6(7(9,10)11)8(12,13)14/h4,6,15H,3H2,1-2H3. The molecule has 0 aliphatic rings. The van der Waals surface area contributed by atoms with Gasteiger partial charge in [0.05, 0.1) is 13.7 Å². The first kappa shape index (κ1) is 17.0. The van der Waals surface area contributed by atoms with E-state index in [0.717, 1.165) is 7.11 Å². The fraction of sp³-hybridized carbons (Fsp3) is 0.875. The summed E-state index contributed by atoms with van der Waals surface area (Å²) in [5.74, 6) is -1.03. The molecule has 0 heterocycles. The van der Waals surface area contributed by atoms with Gasteiger partial charge in [-0.3, -0.25) is 4.79 Å². The Kier molecular flexibility index (Phi) is 5.87. The molecule has 0 aliphatic heterocycles. The second-order valence-electron chi connectivity index (χ2n) is 3.16. The summed E-state index contributed by atoms with van der Waals surface area (Å²) in [6.45, 7) is -1.12. The van der Waals surface area contributed by atoms with E-state index in [1.165, 1.54) is 7.05 Å². The van der Waals surface area contributed by atoms with Gasteiger partial charge in [0.15, 0.2) is 0 Å². The average molecular weight is 283 g/mol. The van der Waals surface area contributed by atoms with Crippen LogP contribution in [-0.2, 0) is 14.3 Å². The monoisotopic (exact) mass is 283 g/mol. The Morgan fingerprint density at radius 3 is 1.89 bits per heavy atom. The molecule has 0 spiro atoms. The van der Waals surface area contributed by atoms with Crippen LogP contribution >= 0.6 is 0 Å². The zero-order chi connectivity index (χ0) is 14.6. The van der Waals surface area contributed by atoms with Crippen LogP contribution in [0.25, 0.3) is 0 Å². The number of nitrogens with one attached hydrogen (secondary N) is 1. The number of ether oxygens (including phenoxy) is 2. The summed E-state index contributed by atoms with van der Waals surface area (Å²) in [6.07, 6.45) is -15.1. The SMILES string of the molecule is CNC(COC(C(F)(F)F)C(F)(F)F)C(=O)OC. The Balaban J connectivity index is 4.67. The van der Waals surface area contributed by atoms with Gasteiger partial charge in [0, 0.05) is 0 Å². The molecule has 1 unspecified atom stereocenters. The first-order valence-electron chi connectivity index (χ1n) is 4.54. The average Bonchev–Trinajstić information content (AvgIpc) is 2.19. The molecule has 0 rings (SSSR count). The zero-order valence-corrected chi connectivity index (χ0v) is 9.35. The molecule has 1 atom stereocenters. The molecule has 0 bridgehead atoms. The van der Waals surface area contributed by atoms with E-state index >= 15 is 0 Å². The van der Waals surface area contributed by atoms with Crippen LogP contribution in [0.2, 0.25) is 0 Å². The second-order valence-corrected chi connectivity index (χ2v) is 3.16. The number of likely N-dealkylation sites (N-methyl/N-ethyl adjacent to an activating group) is 1. The van der Waals surface area contributed by atoms with Gasteiger partial charge in [0.25, 0.3) is 0 Å². The van der Waals surface area contributed by atoms with Gasteiger partial charge in [-0.1, -0.05) is 0 Å². The number of rotatable bonds is 5. The molecule has 0 fully saturated rings. The predicted molar refractivity (Wildman–Crippen MR) is 46.7 cm³/mol. The third-order valence-electron chi connectivity index (χ3n) is 1.86. The quantitative estimate of drug-likeness (QED) is 0.609. The molecule has 1 N–H and O–H groups in total. The van der Waals surface area contributed by atoms with Crippen LogP contribution in [0.4, 0.5) is 26.3 Å². The van der Waals surface area contributed by atoms with Crippen molar-refractivity contribution in [2.45, 2.75) is 24.5 Å². The van der Waals surface area contributed by atoms with E-state index in [1.54, 1.807) is 0 Å². The normalized spacial score (nSPS) is 14.7. The highest BCUT2D eigenvalue weighted by atomic mass is 19.4. The van der Waals surface area contributed by atoms with Crippen molar-refractivity contribution in [2.75, 3.05) is 20.8 Å². The molecule has 0 saturated carbocycles. The summed E-state index contributed by atoms with van der Waals surface area (Å²) >= 11 is 0. The Bertz CT molecular complexity index is 263. The fourth-order valence-corrected chi connectivity index (χ4v) is 0.978. The maximum absolute atomic E-state index is 12.1. The van der Waals surface area contributed by atoms with Crippen molar-refractivity contribution in [3.05, 3.63) is 0 Å². The lowest BCUT2D eigenvalue weighted by Crippen LogP contribution is -2.48. The molecule has 0 aromatic carbocycles. The lowest BCUT2D eigenvalue weighted by Gasteiger charge is -2.24. The Labute approximate surface area is 98.2 Å². The minimum Gasteiger partial charge on any atom is -0.468 e. The molecule has 10 heteroatoms. The molecule has 4 nitrogen and oxygen atoms in total. The van der Waals surface area contributed by atoms with E-state index in [-0.39, 0.29) is 0 Å². The van der Waals surface area contributed by atoms with Crippen LogP contribution in [0.1, 0.15) is 0 Å². The smallest absolute Gasteiger partial charge is 0.423 e. The summed E-state index contributed by atoms with van der Waals surface area (Å²) in [7, 11) is 2.11. The molecular weight excluding hydrogens is 272 g/mol. The summed E-state index contributed by atoms with van der Waals surface area (Å²) in [5, 5.41) is 2.18. The largest absolute Gasteiger partial charge is 0.468 e. The zero-order valence-electron chi connectivity index (χ0n) is 9.35. The lowest BCUT2D eigenvalue weighted by atomic mass is 10.3. The molecule has 0 radical (unpaired) electrons. The van der Waals surface area contributed by atoms with Gasteiger partial charge in [-0.25, -0.2) is 0 Å². The summed E-state index contributed by atoms with van der Waals surface area (Å²) in [6, 6.07) is -1.41. The molecule has 18 heavy (non-hydrogen) atoms. The van der Waals surface area contributed by atoms with Crippen LogP contribution in [0.15, 0.2) is 0 Å². The van der Waals surface area contributed by atoms with Crippen LogP contribution in [-0.4, -0.2) is 51.2 Å². The Hall–Kier alpha value is -1.03. The molecule has 0 saturated heterocycles. The molecule has 108 valence electrons. The predicted octanol–water partition coefficient (Wildman–Crippen LogP) is 1.26. The molecule has 0 aromatic heterocycles. The van der Waals surface area contributed by atoms with Gasteiger partial charge < -0.3 is 14.8 Å². The third kappa shape index (κ3) is 5.08. The van der Waals surface area contributed by atoms with E-state index in [4.69, 9.17) is 0 Å². The van der Waals surface area contributed by atoms with Crippen molar-refractivity contribution < 1.29 is 40.6 Å². The fourth-order valence-electron chi connectivity index (χ4n) is 0.978. The summed E-state index contributed by atoms with van der Waals surface area (Å²) in [5.41, 5.74) is 0. The van der Waals surface area contributed by atoms with Gasteiger partial charge in [-0.15, -0.1) is 0 Å². The first-order chi connectivity index (χ1) is 8.04. The van der Waals surface area contributed by atoms with E-state index in [2.05, 4.69) is 14.8 Å². The van der Waals surface area contributed by atoms with Crippen LogP contribution in [0, 0.1) is 0 Å². The number of esters is 1. The highest BCUT2D eigenvalue weighted by Gasteiger charge is 2.58. The molecule has 0 aromatic rings. The number of halogens is 6. The van der Waals surface area contributed by atoms with Crippen molar-refractivity contribution in [3.63, 3.8) is 0 Å². The number of methoxy groups -OCH3 is 1. The van der Waals surface area contributed by atoms with E-state index in [9.17, 15) is 31.1 Å². The first-order valence-corrected chi connectivity index (χ1v) is 4.54. The maximum Gasteiger partial charge on any atom is 0.423 e. The molecule has 0 aliphatic carbocycles. The van der Waals surface area contributed by atoms with Crippen molar-refractivity contribution in [2.24, 2.45) is 0 Å². The Morgan fingerprint density at radius 1 is 1.17 bits per heavy atom. The van der Waals surface area contributed by atoms with Crippen molar-refractivity contribution >= 4 is 5.97 Å². The van der Waals surface area contributed by atoms with Crippen LogP contribution < -0.4 is 5.32 Å². The van der Waals surface area contributed by atoms with E-state index in [1.807, 2.05) is 0 Å². The van der Waals surface area contributed by atoms with Gasteiger partial charge >= 0.3 is 18.3 Å². The van der Waals surface area contributed by atoms with Gasteiger partial charge in [-0.2, -0.15) is 26.3 Å². The van der Waals surface area contributed by atoms with Crippen molar-refractivity contribution in [3.8, 4) is 0 Å². The second kappa shape index (κ2) is 6.23. The van der Waals surface area contributed by atoms with Gasteiger partial charge in [0.1, 0.15) is 6.04 Å². The molecule has 0 amide bonds. The highest BCUT2D eigenvalue weighted by molar-refractivity contribution is 5.75. The van der Waals surface area contributed by atoms with Gasteiger partial charge in [0.2, 0.25) is 6.10 Å². The minimum atomic E-state index is -5.60. The van der Waals surface area contributed by atoms with Crippen LogP contribution in [0.5, 0.6) is 0 Å². The number of carbonyl (C=O) groups excluding carboxylic acids is 1. The summed E-state index contributed by atoms with van der Waals surface area (Å²) in [4.78, 5) is 10.9. The topological polar surface area (TPSA) is 47.6 Å². The molecular formula is C8H11F6NO3. The highest BCUT2D eigenvalue weighted by Crippen LogP contribution is 2.35. The lowest BCUT2D eigenvalue weighted by molar-refractivity contribution is -0.322. The summed E-state index contributed by atoms with van der Waals surface area (Å²) < 4.78 is 80.3. The van der Waals surface area contributed by atoms with E-state index < -0.39 is 37.1 Å². The number of hydrogen-bond acceptors (Lipinski definition) is 4. The number of carbonyl (C=O) groups is 1. The Morgan fingerprint density at radius 2 is 1.61 bits per heavy atom.